The van der Waals surface area contributed by atoms with Crippen LogP contribution in [0.2, 0.25) is 0 Å². The average Bonchev–Trinajstić information content (AvgIpc) is 2.38. The minimum absolute atomic E-state index is 0.0528. The van der Waals surface area contributed by atoms with Crippen LogP contribution in [0.25, 0.3) is 0 Å². The molecular formula is C17H18FNOS. The van der Waals surface area contributed by atoms with Crippen molar-refractivity contribution in [1.29, 1.82) is 0 Å². The lowest BCUT2D eigenvalue weighted by atomic mass is 10.1. The van der Waals surface area contributed by atoms with Crippen molar-refractivity contribution in [2.24, 2.45) is 5.73 Å². The predicted octanol–water partition coefficient (Wildman–Crippen LogP) is 3.96. The minimum Gasteiger partial charge on any atom is -0.488 e. The second-order valence-electron chi connectivity index (χ2n) is 5.16. The van der Waals surface area contributed by atoms with Crippen molar-refractivity contribution < 1.29 is 9.13 Å². The SMILES string of the molecule is Cc1cc(C)c(OCc2cccc(C(N)=S)c2F)c(C)c1. The normalized spacial score (nSPS) is 10.5. The molecule has 0 aliphatic rings. The number of rotatable bonds is 4. The molecule has 2 N–H and O–H groups in total. The number of nitrogens with two attached hydrogens (primary N) is 1. The zero-order chi connectivity index (χ0) is 15.6. The Morgan fingerprint density at radius 2 is 1.81 bits per heavy atom. The maximum atomic E-state index is 14.2. The summed E-state index contributed by atoms with van der Waals surface area (Å²) in [5.74, 6) is 0.383. The van der Waals surface area contributed by atoms with E-state index in [9.17, 15) is 4.39 Å². The second kappa shape index (κ2) is 6.22. The summed E-state index contributed by atoms with van der Waals surface area (Å²) in [7, 11) is 0. The number of halogens is 1. The fraction of sp³-hybridized carbons (Fsp3) is 0.235. The van der Waals surface area contributed by atoms with E-state index in [2.05, 4.69) is 0 Å². The van der Waals surface area contributed by atoms with E-state index in [0.29, 0.717) is 5.56 Å². The fourth-order valence-corrected chi connectivity index (χ4v) is 2.58. The van der Waals surface area contributed by atoms with Gasteiger partial charge in [-0.1, -0.05) is 42.0 Å². The summed E-state index contributed by atoms with van der Waals surface area (Å²) < 4.78 is 20.0. The van der Waals surface area contributed by atoms with E-state index >= 15 is 0 Å². The van der Waals surface area contributed by atoms with Gasteiger partial charge in [-0.25, -0.2) is 4.39 Å². The van der Waals surface area contributed by atoms with Crippen molar-refractivity contribution in [3.05, 3.63) is 64.0 Å². The Hall–Kier alpha value is -1.94. The molecule has 2 nitrogen and oxygen atoms in total. The Morgan fingerprint density at radius 3 is 2.38 bits per heavy atom. The van der Waals surface area contributed by atoms with Crippen molar-refractivity contribution >= 4 is 17.2 Å². The first kappa shape index (κ1) is 15.4. The Kier molecular flexibility index (Phi) is 4.58. The van der Waals surface area contributed by atoms with Crippen LogP contribution in [-0.2, 0) is 6.61 Å². The van der Waals surface area contributed by atoms with Gasteiger partial charge in [0.05, 0.1) is 0 Å². The van der Waals surface area contributed by atoms with Crippen LogP contribution < -0.4 is 10.5 Å². The van der Waals surface area contributed by atoms with E-state index in [1.54, 1.807) is 18.2 Å². The molecule has 0 aliphatic heterocycles. The number of benzene rings is 2. The molecule has 2 aromatic rings. The van der Waals surface area contributed by atoms with E-state index in [0.717, 1.165) is 16.9 Å². The third-order valence-corrected chi connectivity index (χ3v) is 3.54. The molecule has 2 aromatic carbocycles. The van der Waals surface area contributed by atoms with E-state index in [1.807, 2.05) is 32.9 Å². The first-order valence-corrected chi connectivity index (χ1v) is 7.09. The molecule has 21 heavy (non-hydrogen) atoms. The molecule has 0 saturated heterocycles. The number of thiocarbonyl (C=S) groups is 1. The zero-order valence-corrected chi connectivity index (χ0v) is 13.2. The third-order valence-electron chi connectivity index (χ3n) is 3.32. The highest BCUT2D eigenvalue weighted by Crippen LogP contribution is 2.26. The highest BCUT2D eigenvalue weighted by Gasteiger charge is 2.12. The molecule has 0 saturated carbocycles. The molecule has 0 heterocycles. The van der Waals surface area contributed by atoms with Gasteiger partial charge in [0, 0.05) is 11.1 Å². The highest BCUT2D eigenvalue weighted by molar-refractivity contribution is 7.80. The van der Waals surface area contributed by atoms with Crippen LogP contribution in [0.4, 0.5) is 4.39 Å². The molecule has 2 rings (SSSR count). The number of hydrogen-bond acceptors (Lipinski definition) is 2. The Morgan fingerprint density at radius 1 is 1.19 bits per heavy atom. The molecule has 0 aromatic heterocycles. The Bertz CT molecular complexity index is 674. The van der Waals surface area contributed by atoms with Crippen molar-refractivity contribution in [3.63, 3.8) is 0 Å². The smallest absolute Gasteiger partial charge is 0.139 e. The summed E-state index contributed by atoms with van der Waals surface area (Å²) in [6.45, 7) is 6.15. The first-order valence-electron chi connectivity index (χ1n) is 6.68. The van der Waals surface area contributed by atoms with Crippen LogP contribution in [-0.4, -0.2) is 4.99 Å². The third kappa shape index (κ3) is 3.39. The van der Waals surface area contributed by atoms with Crippen LogP contribution in [0, 0.1) is 26.6 Å². The first-order chi connectivity index (χ1) is 9.90. The maximum absolute atomic E-state index is 14.2. The molecule has 0 amide bonds. The molecule has 4 heteroatoms. The quantitative estimate of drug-likeness (QED) is 0.868. The molecule has 0 bridgehead atoms. The number of aryl methyl sites for hydroxylation is 3. The summed E-state index contributed by atoms with van der Waals surface area (Å²) in [6, 6.07) is 9.07. The van der Waals surface area contributed by atoms with Gasteiger partial charge in [-0.15, -0.1) is 0 Å². The van der Waals surface area contributed by atoms with Crippen LogP contribution in [0.15, 0.2) is 30.3 Å². The Balaban J connectivity index is 2.25. The van der Waals surface area contributed by atoms with Crippen molar-refractivity contribution in [2.75, 3.05) is 0 Å². The van der Waals surface area contributed by atoms with Crippen LogP contribution in [0.1, 0.15) is 27.8 Å². The molecule has 110 valence electrons. The monoisotopic (exact) mass is 303 g/mol. The van der Waals surface area contributed by atoms with Gasteiger partial charge >= 0.3 is 0 Å². The van der Waals surface area contributed by atoms with Crippen LogP contribution in [0.5, 0.6) is 5.75 Å². The van der Waals surface area contributed by atoms with Gasteiger partial charge < -0.3 is 10.5 Å². The topological polar surface area (TPSA) is 35.2 Å². The lowest BCUT2D eigenvalue weighted by Gasteiger charge is -2.14. The van der Waals surface area contributed by atoms with E-state index in [4.69, 9.17) is 22.7 Å². The largest absolute Gasteiger partial charge is 0.488 e. The molecule has 0 unspecified atom stereocenters. The van der Waals surface area contributed by atoms with E-state index in [-0.39, 0.29) is 17.2 Å². The minimum atomic E-state index is -0.410. The fourth-order valence-electron chi connectivity index (χ4n) is 2.43. The van der Waals surface area contributed by atoms with Crippen molar-refractivity contribution in [2.45, 2.75) is 27.4 Å². The van der Waals surface area contributed by atoms with Crippen LogP contribution >= 0.6 is 12.2 Å². The van der Waals surface area contributed by atoms with Gasteiger partial charge in [0.15, 0.2) is 0 Å². The molecule has 0 aliphatic carbocycles. The molecule has 0 spiro atoms. The second-order valence-corrected chi connectivity index (χ2v) is 5.60. The lowest BCUT2D eigenvalue weighted by Crippen LogP contribution is -2.13. The molecular weight excluding hydrogens is 285 g/mol. The highest BCUT2D eigenvalue weighted by atomic mass is 32.1. The summed E-state index contributed by atoms with van der Waals surface area (Å²) in [5, 5.41) is 0. The molecule has 0 radical (unpaired) electrons. The van der Waals surface area contributed by atoms with Crippen LogP contribution in [0.3, 0.4) is 0 Å². The van der Waals surface area contributed by atoms with Gasteiger partial charge in [0.25, 0.3) is 0 Å². The summed E-state index contributed by atoms with van der Waals surface area (Å²) in [6.07, 6.45) is 0. The lowest BCUT2D eigenvalue weighted by molar-refractivity contribution is 0.295. The number of ether oxygens (including phenoxy) is 1. The van der Waals surface area contributed by atoms with Gasteiger partial charge in [0.1, 0.15) is 23.2 Å². The summed E-state index contributed by atoms with van der Waals surface area (Å²) in [4.78, 5) is 0.0528. The maximum Gasteiger partial charge on any atom is 0.139 e. The van der Waals surface area contributed by atoms with Gasteiger partial charge in [-0.3, -0.25) is 0 Å². The van der Waals surface area contributed by atoms with Gasteiger partial charge in [-0.05, 0) is 38.0 Å². The molecule has 0 fully saturated rings. The van der Waals surface area contributed by atoms with Gasteiger partial charge in [-0.2, -0.15) is 0 Å². The summed E-state index contributed by atoms with van der Waals surface area (Å²) in [5.41, 5.74) is 9.46. The van der Waals surface area contributed by atoms with Crippen molar-refractivity contribution in [1.82, 2.24) is 0 Å². The standard InChI is InChI=1S/C17H18FNOS/c1-10-7-11(2)16(12(3)8-10)20-9-13-5-4-6-14(15(13)18)17(19)21/h4-8H,9H2,1-3H3,(H2,19,21). The van der Waals surface area contributed by atoms with Crippen molar-refractivity contribution in [3.8, 4) is 5.75 Å². The van der Waals surface area contributed by atoms with Gasteiger partial charge in [0.2, 0.25) is 0 Å². The van der Waals surface area contributed by atoms with E-state index < -0.39 is 5.82 Å². The Labute approximate surface area is 129 Å². The number of hydrogen-bond donors (Lipinski definition) is 1. The molecule has 0 atom stereocenters. The zero-order valence-electron chi connectivity index (χ0n) is 12.4. The van der Waals surface area contributed by atoms with E-state index in [1.165, 1.54) is 5.56 Å². The summed E-state index contributed by atoms with van der Waals surface area (Å²) >= 11 is 4.84. The average molecular weight is 303 g/mol. The predicted molar refractivity (Wildman–Crippen MR) is 87.3 cm³/mol.